The number of nitrogens with one attached hydrogen (secondary N) is 2. The lowest BCUT2D eigenvalue weighted by molar-refractivity contribution is 0.483. The molecule has 0 spiro atoms. The predicted molar refractivity (Wildman–Crippen MR) is 77.9 cm³/mol. The highest BCUT2D eigenvalue weighted by Gasteiger charge is 2.13. The van der Waals surface area contributed by atoms with Crippen LogP contribution in [0.2, 0.25) is 0 Å². The van der Waals surface area contributed by atoms with E-state index in [0.717, 1.165) is 30.3 Å². The third kappa shape index (κ3) is 3.26. The molecule has 1 aliphatic rings. The van der Waals surface area contributed by atoms with Crippen LogP contribution >= 0.6 is 0 Å². The van der Waals surface area contributed by atoms with Gasteiger partial charge in [-0.05, 0) is 49.4 Å². The number of ether oxygens (including phenoxy) is 1. The van der Waals surface area contributed by atoms with Crippen molar-refractivity contribution >= 4 is 5.69 Å². The Morgan fingerprint density at radius 1 is 0.947 bits per heavy atom. The van der Waals surface area contributed by atoms with Crippen LogP contribution in [0.25, 0.3) is 0 Å². The zero-order valence-electron chi connectivity index (χ0n) is 10.8. The number of rotatable bonds is 4. The molecule has 19 heavy (non-hydrogen) atoms. The van der Waals surface area contributed by atoms with Crippen molar-refractivity contribution in [1.29, 1.82) is 0 Å². The highest BCUT2D eigenvalue weighted by atomic mass is 16.5. The van der Waals surface area contributed by atoms with Crippen LogP contribution in [0.15, 0.2) is 54.6 Å². The first-order valence-corrected chi connectivity index (χ1v) is 6.70. The van der Waals surface area contributed by atoms with Gasteiger partial charge < -0.3 is 15.4 Å². The third-order valence-corrected chi connectivity index (χ3v) is 3.26. The normalized spacial score (nSPS) is 18.2. The summed E-state index contributed by atoms with van der Waals surface area (Å²) in [5.74, 6) is 1.73. The molecule has 0 saturated carbocycles. The van der Waals surface area contributed by atoms with Gasteiger partial charge in [-0.2, -0.15) is 0 Å². The van der Waals surface area contributed by atoms with Crippen LogP contribution in [0.4, 0.5) is 5.69 Å². The standard InChI is InChI=1S/C16H18N2O/c1-2-4-15(5-3-1)19-16-8-6-13(7-9-16)18-14-10-11-17-12-14/h1-9,14,17-18H,10-12H2. The molecule has 1 fully saturated rings. The summed E-state index contributed by atoms with van der Waals surface area (Å²) >= 11 is 0. The summed E-state index contributed by atoms with van der Waals surface area (Å²) in [6.07, 6.45) is 1.18. The van der Waals surface area contributed by atoms with Crippen molar-refractivity contribution in [2.24, 2.45) is 0 Å². The van der Waals surface area contributed by atoms with Crippen LogP contribution < -0.4 is 15.4 Å². The Bertz CT molecular complexity index is 504. The van der Waals surface area contributed by atoms with Crippen LogP contribution in [-0.4, -0.2) is 19.1 Å². The maximum Gasteiger partial charge on any atom is 0.127 e. The molecule has 3 nitrogen and oxygen atoms in total. The van der Waals surface area contributed by atoms with Crippen LogP contribution in [0.3, 0.4) is 0 Å². The van der Waals surface area contributed by atoms with E-state index in [1.807, 2.05) is 42.5 Å². The summed E-state index contributed by atoms with van der Waals surface area (Å²) < 4.78 is 5.76. The van der Waals surface area contributed by atoms with E-state index in [1.165, 1.54) is 6.42 Å². The molecule has 2 N–H and O–H groups in total. The van der Waals surface area contributed by atoms with Gasteiger partial charge in [0.05, 0.1) is 0 Å². The molecular weight excluding hydrogens is 236 g/mol. The Balaban J connectivity index is 1.62. The molecule has 0 bridgehead atoms. The van der Waals surface area contributed by atoms with Crippen molar-refractivity contribution in [2.45, 2.75) is 12.5 Å². The molecule has 3 rings (SSSR count). The minimum Gasteiger partial charge on any atom is -0.457 e. The van der Waals surface area contributed by atoms with E-state index in [4.69, 9.17) is 4.74 Å². The van der Waals surface area contributed by atoms with Gasteiger partial charge in [0.25, 0.3) is 0 Å². The van der Waals surface area contributed by atoms with Crippen molar-refractivity contribution in [1.82, 2.24) is 5.32 Å². The van der Waals surface area contributed by atoms with Crippen molar-refractivity contribution < 1.29 is 4.74 Å². The largest absolute Gasteiger partial charge is 0.457 e. The van der Waals surface area contributed by atoms with E-state index in [9.17, 15) is 0 Å². The summed E-state index contributed by atoms with van der Waals surface area (Å²) in [5, 5.41) is 6.86. The molecule has 0 aliphatic carbocycles. The molecule has 0 amide bonds. The first kappa shape index (κ1) is 12.1. The van der Waals surface area contributed by atoms with Gasteiger partial charge in [0, 0.05) is 18.3 Å². The third-order valence-electron chi connectivity index (χ3n) is 3.26. The maximum absolute atomic E-state index is 5.76. The first-order valence-electron chi connectivity index (χ1n) is 6.70. The van der Waals surface area contributed by atoms with E-state index in [2.05, 4.69) is 22.8 Å². The summed E-state index contributed by atoms with van der Waals surface area (Å²) in [6.45, 7) is 2.15. The predicted octanol–water partition coefficient (Wildman–Crippen LogP) is 3.25. The fourth-order valence-corrected chi connectivity index (χ4v) is 2.26. The molecule has 1 heterocycles. The van der Waals surface area contributed by atoms with Crippen LogP contribution in [-0.2, 0) is 0 Å². The minimum absolute atomic E-state index is 0.542. The number of hydrogen-bond donors (Lipinski definition) is 2. The van der Waals surface area contributed by atoms with Crippen molar-refractivity contribution in [2.75, 3.05) is 18.4 Å². The second-order valence-corrected chi connectivity index (χ2v) is 4.77. The minimum atomic E-state index is 0.542. The number of anilines is 1. The molecule has 98 valence electrons. The summed E-state index contributed by atoms with van der Waals surface area (Å²) in [5.41, 5.74) is 1.15. The molecule has 1 unspecified atom stereocenters. The van der Waals surface area contributed by atoms with E-state index in [1.54, 1.807) is 0 Å². The molecular formula is C16H18N2O. The molecule has 1 atom stereocenters. The van der Waals surface area contributed by atoms with Gasteiger partial charge in [0.15, 0.2) is 0 Å². The number of benzene rings is 2. The highest BCUT2D eigenvalue weighted by Crippen LogP contribution is 2.23. The molecule has 2 aromatic rings. The van der Waals surface area contributed by atoms with Crippen molar-refractivity contribution in [3.05, 3.63) is 54.6 Å². The van der Waals surface area contributed by atoms with Gasteiger partial charge in [0.2, 0.25) is 0 Å². The summed E-state index contributed by atoms with van der Waals surface area (Å²) in [4.78, 5) is 0. The van der Waals surface area contributed by atoms with Gasteiger partial charge >= 0.3 is 0 Å². The van der Waals surface area contributed by atoms with Crippen molar-refractivity contribution in [3.8, 4) is 11.5 Å². The van der Waals surface area contributed by atoms with E-state index < -0.39 is 0 Å². The van der Waals surface area contributed by atoms with Crippen LogP contribution in [0.1, 0.15) is 6.42 Å². The number of para-hydroxylation sites is 1. The zero-order valence-corrected chi connectivity index (χ0v) is 10.8. The second-order valence-electron chi connectivity index (χ2n) is 4.77. The van der Waals surface area contributed by atoms with Gasteiger partial charge in [-0.15, -0.1) is 0 Å². The quantitative estimate of drug-likeness (QED) is 0.878. The summed E-state index contributed by atoms with van der Waals surface area (Å²) in [7, 11) is 0. The number of hydrogen-bond acceptors (Lipinski definition) is 3. The average Bonchev–Trinajstić information content (AvgIpc) is 2.95. The van der Waals surface area contributed by atoms with Gasteiger partial charge in [0.1, 0.15) is 11.5 Å². The topological polar surface area (TPSA) is 33.3 Å². The lowest BCUT2D eigenvalue weighted by atomic mass is 10.2. The SMILES string of the molecule is c1ccc(Oc2ccc(NC3CCNC3)cc2)cc1. The fourth-order valence-electron chi connectivity index (χ4n) is 2.26. The smallest absolute Gasteiger partial charge is 0.127 e. The highest BCUT2D eigenvalue weighted by molar-refractivity contribution is 5.48. The molecule has 3 heteroatoms. The Kier molecular flexibility index (Phi) is 3.65. The molecule has 0 radical (unpaired) electrons. The maximum atomic E-state index is 5.76. The van der Waals surface area contributed by atoms with E-state index in [-0.39, 0.29) is 0 Å². The lowest BCUT2D eigenvalue weighted by Gasteiger charge is -2.13. The molecule has 1 saturated heterocycles. The van der Waals surface area contributed by atoms with Crippen LogP contribution in [0.5, 0.6) is 11.5 Å². The summed E-state index contributed by atoms with van der Waals surface area (Å²) in [6, 6.07) is 18.5. The molecule has 2 aromatic carbocycles. The lowest BCUT2D eigenvalue weighted by Crippen LogP contribution is -2.21. The van der Waals surface area contributed by atoms with Gasteiger partial charge in [-0.1, -0.05) is 18.2 Å². The molecule has 1 aliphatic heterocycles. The van der Waals surface area contributed by atoms with Crippen molar-refractivity contribution in [3.63, 3.8) is 0 Å². The van der Waals surface area contributed by atoms with E-state index >= 15 is 0 Å². The Morgan fingerprint density at radius 3 is 2.37 bits per heavy atom. The Hall–Kier alpha value is -2.00. The monoisotopic (exact) mass is 254 g/mol. The van der Waals surface area contributed by atoms with Gasteiger partial charge in [-0.3, -0.25) is 0 Å². The molecule has 0 aromatic heterocycles. The zero-order chi connectivity index (χ0) is 12.9. The Labute approximate surface area is 113 Å². The fraction of sp³-hybridized carbons (Fsp3) is 0.250. The average molecular weight is 254 g/mol. The Morgan fingerprint density at radius 2 is 1.68 bits per heavy atom. The van der Waals surface area contributed by atoms with E-state index in [0.29, 0.717) is 6.04 Å². The second kappa shape index (κ2) is 5.76. The first-order chi connectivity index (χ1) is 9.40. The van der Waals surface area contributed by atoms with Crippen LogP contribution in [0, 0.1) is 0 Å². The van der Waals surface area contributed by atoms with Gasteiger partial charge in [-0.25, -0.2) is 0 Å².